The monoisotopic (exact) mass is 462 g/mol. The third-order valence-corrected chi connectivity index (χ3v) is 6.67. The molecule has 0 spiro atoms. The predicted molar refractivity (Wildman–Crippen MR) is 110 cm³/mol. The van der Waals surface area contributed by atoms with Crippen LogP contribution in [0.5, 0.6) is 0 Å². The average Bonchev–Trinajstić information content (AvgIpc) is 2.82. The summed E-state index contributed by atoms with van der Waals surface area (Å²) in [5.41, 5.74) is -2.27. The normalized spacial score (nSPS) is 30.8. The number of carbonyl (C=O) groups is 4. The predicted octanol–water partition coefficient (Wildman–Crippen LogP) is 0.887. The van der Waals surface area contributed by atoms with Crippen molar-refractivity contribution in [2.45, 2.75) is 17.9 Å². The van der Waals surface area contributed by atoms with Gasteiger partial charge in [0.2, 0.25) is 0 Å². The first-order valence-electron chi connectivity index (χ1n) is 10.2. The Morgan fingerprint density at radius 3 is 1.82 bits per heavy atom. The largest absolute Gasteiger partial charge is 0.511 e. The van der Waals surface area contributed by atoms with Crippen LogP contribution in [0.15, 0.2) is 41.7 Å². The van der Waals surface area contributed by atoms with E-state index in [1.165, 1.54) is 0 Å². The number of rotatable bonds is 5. The number of aliphatic hydroxyl groups is 2. The molecule has 10 heteroatoms. The van der Waals surface area contributed by atoms with E-state index in [2.05, 4.69) is 0 Å². The Labute approximate surface area is 190 Å². The molecule has 1 aromatic carbocycles. The van der Waals surface area contributed by atoms with Crippen LogP contribution >= 0.6 is 0 Å². The van der Waals surface area contributed by atoms with E-state index in [9.17, 15) is 29.4 Å². The number of benzene rings is 1. The quantitative estimate of drug-likeness (QED) is 0.478. The topological polar surface area (TPSA) is 146 Å². The fourth-order valence-electron chi connectivity index (χ4n) is 5.36. The highest BCUT2D eigenvalue weighted by molar-refractivity contribution is 5.96. The van der Waals surface area contributed by atoms with Crippen LogP contribution in [0.1, 0.15) is 17.9 Å². The Morgan fingerprint density at radius 2 is 1.33 bits per heavy atom. The fourth-order valence-corrected chi connectivity index (χ4v) is 5.36. The van der Waals surface area contributed by atoms with Crippen molar-refractivity contribution in [2.24, 2.45) is 23.7 Å². The number of fused-ring (bicyclic) bond motifs is 2. The Kier molecular flexibility index (Phi) is 6.78. The zero-order valence-corrected chi connectivity index (χ0v) is 18.6. The summed E-state index contributed by atoms with van der Waals surface area (Å²) in [5.74, 6) is -11.7. The molecule has 0 radical (unpaired) electrons. The minimum Gasteiger partial charge on any atom is -0.511 e. The number of methoxy groups -OCH3 is 4. The molecule has 2 bridgehead atoms. The molecule has 0 saturated heterocycles. The maximum atomic E-state index is 13.1. The summed E-state index contributed by atoms with van der Waals surface area (Å²) in [7, 11) is 4.28. The van der Waals surface area contributed by atoms with Gasteiger partial charge < -0.3 is 29.2 Å². The summed E-state index contributed by atoms with van der Waals surface area (Å²) in [5, 5.41) is 23.1. The van der Waals surface area contributed by atoms with Gasteiger partial charge in [0.15, 0.2) is 0 Å². The van der Waals surface area contributed by atoms with Gasteiger partial charge in [0.25, 0.3) is 0 Å². The van der Waals surface area contributed by atoms with Gasteiger partial charge in [-0.25, -0.2) is 4.79 Å². The summed E-state index contributed by atoms with van der Waals surface area (Å²) in [6.45, 7) is 0. The van der Waals surface area contributed by atoms with Crippen molar-refractivity contribution in [3.8, 4) is 0 Å². The molecule has 2 N–H and O–H groups in total. The lowest BCUT2D eigenvalue weighted by Gasteiger charge is -2.55. The second-order valence-electron chi connectivity index (χ2n) is 8.00. The summed E-state index contributed by atoms with van der Waals surface area (Å²) < 4.78 is 19.5. The van der Waals surface area contributed by atoms with Crippen LogP contribution in [0.4, 0.5) is 0 Å². The number of ether oxygens (including phenoxy) is 4. The van der Waals surface area contributed by atoms with Crippen molar-refractivity contribution in [2.75, 3.05) is 28.4 Å². The van der Waals surface area contributed by atoms with Crippen molar-refractivity contribution < 1.29 is 48.3 Å². The van der Waals surface area contributed by atoms with Crippen LogP contribution in [-0.2, 0) is 38.1 Å². The number of carbonyl (C=O) groups excluding carboxylic acids is 4. The van der Waals surface area contributed by atoms with E-state index in [4.69, 9.17) is 18.9 Å². The summed E-state index contributed by atoms with van der Waals surface area (Å²) in [6, 6.07) is 8.64. The third kappa shape index (κ3) is 3.64. The van der Waals surface area contributed by atoms with Crippen molar-refractivity contribution in [1.29, 1.82) is 0 Å². The van der Waals surface area contributed by atoms with Gasteiger partial charge in [0.1, 0.15) is 17.3 Å². The first-order chi connectivity index (χ1) is 15.7. The highest BCUT2D eigenvalue weighted by Crippen LogP contribution is 2.59. The van der Waals surface area contributed by atoms with E-state index in [0.29, 0.717) is 5.56 Å². The minimum absolute atomic E-state index is 0.0196. The van der Waals surface area contributed by atoms with E-state index < -0.39 is 64.8 Å². The van der Waals surface area contributed by atoms with Gasteiger partial charge in [0, 0.05) is 11.8 Å². The Hall–Kier alpha value is -3.40. The van der Waals surface area contributed by atoms with Crippen LogP contribution in [-0.4, -0.2) is 68.1 Å². The number of hydrogen-bond acceptors (Lipinski definition) is 10. The zero-order valence-electron chi connectivity index (χ0n) is 18.6. The lowest BCUT2D eigenvalue weighted by atomic mass is 9.49. The molecule has 3 rings (SSSR count). The lowest BCUT2D eigenvalue weighted by Crippen LogP contribution is -2.68. The Bertz CT molecular complexity index is 984. The van der Waals surface area contributed by atoms with Gasteiger partial charge in [-0.15, -0.1) is 0 Å². The standard InChI is InChI=1S/C23H26O10/c1-30-19(25)14-13-10-12(11-8-6-5-7-9-11)15(20(26)31-2)23(29,16(13)21(27)32-3)17(18(14)24)22(28)33-4/h5-9,12-13,15-17,24,29H,10H2,1-4H3/t12-,13-,15+,16+,17-,23-/m0/s1. The summed E-state index contributed by atoms with van der Waals surface area (Å²) >= 11 is 0. The molecule has 1 aromatic rings. The minimum atomic E-state index is -2.53. The highest BCUT2D eigenvalue weighted by atomic mass is 16.5. The highest BCUT2D eigenvalue weighted by Gasteiger charge is 2.71. The van der Waals surface area contributed by atoms with E-state index in [1.807, 2.05) is 0 Å². The third-order valence-electron chi connectivity index (χ3n) is 6.67. The molecule has 33 heavy (non-hydrogen) atoms. The first-order valence-corrected chi connectivity index (χ1v) is 10.2. The van der Waals surface area contributed by atoms with Gasteiger partial charge in [-0.1, -0.05) is 30.3 Å². The number of aliphatic hydroxyl groups excluding tert-OH is 1. The van der Waals surface area contributed by atoms with Crippen LogP contribution < -0.4 is 0 Å². The maximum absolute atomic E-state index is 13.1. The summed E-state index contributed by atoms with van der Waals surface area (Å²) in [4.78, 5) is 51.6. The van der Waals surface area contributed by atoms with Crippen molar-refractivity contribution in [1.82, 2.24) is 0 Å². The van der Waals surface area contributed by atoms with Crippen LogP contribution in [0.3, 0.4) is 0 Å². The second kappa shape index (κ2) is 9.22. The van der Waals surface area contributed by atoms with E-state index in [1.54, 1.807) is 30.3 Å². The Balaban J connectivity index is 2.41. The van der Waals surface area contributed by atoms with Gasteiger partial charge >= 0.3 is 23.9 Å². The number of esters is 4. The Morgan fingerprint density at radius 1 is 0.818 bits per heavy atom. The van der Waals surface area contributed by atoms with Crippen LogP contribution in [0.25, 0.3) is 0 Å². The molecular formula is C23H26O10. The lowest BCUT2D eigenvalue weighted by molar-refractivity contribution is -0.208. The van der Waals surface area contributed by atoms with Crippen molar-refractivity contribution in [3.05, 3.63) is 47.2 Å². The van der Waals surface area contributed by atoms with Gasteiger partial charge in [0.05, 0.1) is 45.8 Å². The molecule has 0 unspecified atom stereocenters. The van der Waals surface area contributed by atoms with E-state index in [0.717, 1.165) is 28.4 Å². The molecule has 0 heterocycles. The van der Waals surface area contributed by atoms with Crippen LogP contribution in [0, 0.1) is 23.7 Å². The van der Waals surface area contributed by atoms with Gasteiger partial charge in [-0.05, 0) is 12.0 Å². The first kappa shape index (κ1) is 24.2. The molecule has 0 aromatic heterocycles. The van der Waals surface area contributed by atoms with Crippen LogP contribution in [0.2, 0.25) is 0 Å². The second-order valence-corrected chi connectivity index (χ2v) is 8.00. The zero-order chi connectivity index (χ0) is 24.5. The SMILES string of the molecule is COC(=O)C1=C(O)[C@@H](C(=O)OC)[C@@]2(O)[C@@H](C(=O)OC)[C@H]1C[C@@H](c1ccccc1)[C@@H]2C(=O)OC. The number of hydrogen-bond donors (Lipinski definition) is 2. The maximum Gasteiger partial charge on any atom is 0.337 e. The van der Waals surface area contributed by atoms with E-state index >= 15 is 0 Å². The molecule has 10 nitrogen and oxygen atoms in total. The molecular weight excluding hydrogens is 436 g/mol. The molecule has 1 saturated carbocycles. The van der Waals surface area contributed by atoms with Crippen molar-refractivity contribution in [3.63, 3.8) is 0 Å². The average molecular weight is 462 g/mol. The van der Waals surface area contributed by atoms with Crippen molar-refractivity contribution >= 4 is 23.9 Å². The molecule has 2 aliphatic rings. The molecule has 0 aliphatic heterocycles. The molecule has 178 valence electrons. The fraction of sp³-hybridized carbons (Fsp3) is 0.478. The molecule has 1 fully saturated rings. The molecule has 0 amide bonds. The van der Waals surface area contributed by atoms with E-state index in [-0.39, 0.29) is 12.0 Å². The molecule has 6 atom stereocenters. The smallest absolute Gasteiger partial charge is 0.337 e. The van der Waals surface area contributed by atoms with Gasteiger partial charge in [-0.2, -0.15) is 0 Å². The molecule has 2 aliphatic carbocycles. The van der Waals surface area contributed by atoms with Gasteiger partial charge in [-0.3, -0.25) is 14.4 Å². The summed E-state index contributed by atoms with van der Waals surface area (Å²) in [6.07, 6.45) is -0.0196.